The molecule has 2 fully saturated rings. The van der Waals surface area contributed by atoms with Crippen LogP contribution in [0.4, 0.5) is 5.95 Å². The highest BCUT2D eigenvalue weighted by Crippen LogP contribution is 2.32. The molecule has 4 heterocycles. The molecule has 7 heteroatoms. The van der Waals surface area contributed by atoms with Crippen LogP contribution in [0.25, 0.3) is 0 Å². The number of carbonyl (C=O) groups is 1. The number of likely N-dealkylation sites (tertiary alicyclic amines) is 1. The van der Waals surface area contributed by atoms with Crippen molar-refractivity contribution in [3.8, 4) is 0 Å². The minimum Gasteiger partial charge on any atom is -0.381 e. The fraction of sp³-hybridized carbons (Fsp3) is 0.474. The molecule has 7 nitrogen and oxygen atoms in total. The molecule has 2 aliphatic heterocycles. The van der Waals surface area contributed by atoms with Crippen LogP contribution in [0, 0.1) is 11.8 Å². The number of aromatic nitrogens is 3. The number of hydrogen-bond donors (Lipinski definition) is 1. The molecule has 2 aromatic heterocycles. The third-order valence-corrected chi connectivity index (χ3v) is 5.70. The lowest BCUT2D eigenvalue weighted by Crippen LogP contribution is -2.30. The molecule has 134 valence electrons. The molecule has 1 N–H and O–H groups in total. The molecular formula is C19H21N5O2. The highest BCUT2D eigenvalue weighted by molar-refractivity contribution is 5.93. The molecule has 0 bridgehead atoms. The van der Waals surface area contributed by atoms with Crippen LogP contribution in [0.2, 0.25) is 0 Å². The molecule has 0 spiro atoms. The lowest BCUT2D eigenvalue weighted by molar-refractivity contribution is 0.0750. The Morgan fingerprint density at radius 1 is 1.15 bits per heavy atom. The van der Waals surface area contributed by atoms with Gasteiger partial charge in [-0.2, -0.15) is 0 Å². The average Bonchev–Trinajstić information content (AvgIpc) is 3.37. The summed E-state index contributed by atoms with van der Waals surface area (Å²) in [4.78, 5) is 27.7. The Bertz CT molecular complexity index is 813. The van der Waals surface area contributed by atoms with E-state index in [9.17, 15) is 4.79 Å². The molecule has 3 unspecified atom stereocenters. The predicted molar refractivity (Wildman–Crippen MR) is 94.7 cm³/mol. The summed E-state index contributed by atoms with van der Waals surface area (Å²) in [5, 5.41) is 3.36. The van der Waals surface area contributed by atoms with Crippen molar-refractivity contribution in [3.63, 3.8) is 0 Å². The lowest BCUT2D eigenvalue weighted by Gasteiger charge is -2.17. The van der Waals surface area contributed by atoms with E-state index >= 15 is 0 Å². The third-order valence-electron chi connectivity index (χ3n) is 5.70. The van der Waals surface area contributed by atoms with Gasteiger partial charge in [-0.1, -0.05) is 6.07 Å². The second-order valence-corrected chi connectivity index (χ2v) is 7.34. The van der Waals surface area contributed by atoms with Crippen LogP contribution in [-0.4, -0.2) is 52.1 Å². The zero-order chi connectivity index (χ0) is 17.5. The van der Waals surface area contributed by atoms with Crippen molar-refractivity contribution in [1.82, 2.24) is 19.9 Å². The Morgan fingerprint density at radius 3 is 2.69 bits per heavy atom. The molecule has 5 rings (SSSR count). The van der Waals surface area contributed by atoms with Crippen LogP contribution in [-0.2, 0) is 11.2 Å². The normalized spacial score (nSPS) is 26.6. The molecule has 1 aliphatic carbocycles. The molecular weight excluding hydrogens is 330 g/mol. The molecule has 3 atom stereocenters. The van der Waals surface area contributed by atoms with Crippen molar-refractivity contribution in [2.75, 3.05) is 31.6 Å². The summed E-state index contributed by atoms with van der Waals surface area (Å²) in [6, 6.07) is 4.23. The van der Waals surface area contributed by atoms with Crippen LogP contribution in [0.15, 0.2) is 30.7 Å². The number of ether oxygens (including phenoxy) is 1. The third kappa shape index (κ3) is 2.72. The first-order chi connectivity index (χ1) is 12.8. The molecule has 0 aromatic carbocycles. The number of nitrogens with one attached hydrogen (secondary N) is 1. The van der Waals surface area contributed by atoms with Gasteiger partial charge in [0.2, 0.25) is 5.95 Å². The molecule has 26 heavy (non-hydrogen) atoms. The number of carbonyl (C=O) groups excluding carboxylic acids is 1. The second-order valence-electron chi connectivity index (χ2n) is 7.34. The van der Waals surface area contributed by atoms with Gasteiger partial charge in [0.15, 0.2) is 0 Å². The van der Waals surface area contributed by atoms with Crippen molar-refractivity contribution in [2.45, 2.75) is 18.9 Å². The smallest absolute Gasteiger partial charge is 0.257 e. The SMILES string of the molecule is O=C(c1cnc(NC2CCc3ncccc32)nc1)N1CC2COCC2C1. The lowest BCUT2D eigenvalue weighted by atomic mass is 10.0. The second kappa shape index (κ2) is 6.32. The van der Waals surface area contributed by atoms with E-state index in [1.54, 1.807) is 12.4 Å². The highest BCUT2D eigenvalue weighted by atomic mass is 16.5. The minimum atomic E-state index is 0.0152. The zero-order valence-electron chi connectivity index (χ0n) is 14.5. The fourth-order valence-electron chi connectivity index (χ4n) is 4.27. The molecule has 0 radical (unpaired) electrons. The number of anilines is 1. The van der Waals surface area contributed by atoms with E-state index in [1.807, 2.05) is 17.2 Å². The Balaban J connectivity index is 1.26. The molecule has 1 amide bonds. The van der Waals surface area contributed by atoms with E-state index in [-0.39, 0.29) is 11.9 Å². The summed E-state index contributed by atoms with van der Waals surface area (Å²) in [5.74, 6) is 1.53. The Kier molecular flexibility index (Phi) is 3.81. The number of nitrogens with zero attached hydrogens (tertiary/aromatic N) is 4. The number of amides is 1. The van der Waals surface area contributed by atoms with E-state index in [4.69, 9.17) is 4.74 Å². The topological polar surface area (TPSA) is 80.2 Å². The molecule has 2 saturated heterocycles. The van der Waals surface area contributed by atoms with Gasteiger partial charge in [0.25, 0.3) is 5.91 Å². The Hall–Kier alpha value is -2.54. The Morgan fingerprint density at radius 2 is 1.92 bits per heavy atom. The van der Waals surface area contributed by atoms with Crippen LogP contribution >= 0.6 is 0 Å². The standard InChI is InChI=1S/C19H21N5O2/c25-18(24-8-13-10-26-11-14(13)9-24)12-6-21-19(22-7-12)23-17-4-3-16-15(17)2-1-5-20-16/h1-2,5-7,13-14,17H,3-4,8-11H2,(H,21,22,23). The van der Waals surface area contributed by atoms with E-state index in [2.05, 4.69) is 26.3 Å². The van der Waals surface area contributed by atoms with Crippen molar-refractivity contribution in [2.24, 2.45) is 11.8 Å². The van der Waals surface area contributed by atoms with Gasteiger partial charge in [-0.3, -0.25) is 9.78 Å². The van der Waals surface area contributed by atoms with Gasteiger partial charge in [-0.05, 0) is 24.5 Å². The van der Waals surface area contributed by atoms with Gasteiger partial charge in [0.05, 0.1) is 24.8 Å². The Labute approximate surface area is 151 Å². The summed E-state index contributed by atoms with van der Waals surface area (Å²) in [5.41, 5.74) is 2.90. The van der Waals surface area contributed by atoms with Gasteiger partial charge in [-0.25, -0.2) is 9.97 Å². The monoisotopic (exact) mass is 351 g/mol. The average molecular weight is 351 g/mol. The molecule has 3 aliphatic rings. The largest absolute Gasteiger partial charge is 0.381 e. The number of hydrogen-bond acceptors (Lipinski definition) is 6. The first kappa shape index (κ1) is 15.7. The maximum absolute atomic E-state index is 12.7. The summed E-state index contributed by atoms with van der Waals surface area (Å²) in [6.07, 6.45) is 7.03. The highest BCUT2D eigenvalue weighted by Gasteiger charge is 2.39. The van der Waals surface area contributed by atoms with E-state index in [1.165, 1.54) is 5.56 Å². The van der Waals surface area contributed by atoms with Crippen molar-refractivity contribution >= 4 is 11.9 Å². The fourth-order valence-corrected chi connectivity index (χ4v) is 4.27. The first-order valence-electron chi connectivity index (χ1n) is 9.17. The summed E-state index contributed by atoms with van der Waals surface area (Å²) in [6.45, 7) is 3.09. The van der Waals surface area contributed by atoms with E-state index < -0.39 is 0 Å². The van der Waals surface area contributed by atoms with E-state index in [0.29, 0.717) is 23.3 Å². The number of rotatable bonds is 3. The maximum Gasteiger partial charge on any atom is 0.257 e. The van der Waals surface area contributed by atoms with Crippen LogP contribution in [0.5, 0.6) is 0 Å². The quantitative estimate of drug-likeness (QED) is 0.906. The van der Waals surface area contributed by atoms with Gasteiger partial charge in [0, 0.05) is 49.2 Å². The van der Waals surface area contributed by atoms with Crippen molar-refractivity contribution < 1.29 is 9.53 Å². The minimum absolute atomic E-state index is 0.0152. The number of aryl methyl sites for hydroxylation is 1. The maximum atomic E-state index is 12.7. The van der Waals surface area contributed by atoms with Gasteiger partial charge < -0.3 is 15.0 Å². The summed E-state index contributed by atoms with van der Waals surface area (Å²) in [7, 11) is 0. The predicted octanol–water partition coefficient (Wildman–Crippen LogP) is 1.69. The van der Waals surface area contributed by atoms with Crippen molar-refractivity contribution in [1.29, 1.82) is 0 Å². The zero-order valence-corrected chi connectivity index (χ0v) is 14.5. The number of fused-ring (bicyclic) bond motifs is 2. The molecule has 2 aromatic rings. The van der Waals surface area contributed by atoms with Crippen LogP contribution in [0.1, 0.15) is 34.1 Å². The number of pyridine rings is 1. The van der Waals surface area contributed by atoms with Gasteiger partial charge >= 0.3 is 0 Å². The first-order valence-corrected chi connectivity index (χ1v) is 9.17. The summed E-state index contributed by atoms with van der Waals surface area (Å²) >= 11 is 0. The van der Waals surface area contributed by atoms with Gasteiger partial charge in [-0.15, -0.1) is 0 Å². The molecule has 0 saturated carbocycles. The van der Waals surface area contributed by atoms with Crippen LogP contribution in [0.3, 0.4) is 0 Å². The summed E-state index contributed by atoms with van der Waals surface area (Å²) < 4.78 is 5.47. The van der Waals surface area contributed by atoms with E-state index in [0.717, 1.165) is 44.8 Å². The van der Waals surface area contributed by atoms with Gasteiger partial charge in [0.1, 0.15) is 0 Å². The van der Waals surface area contributed by atoms with Crippen LogP contribution < -0.4 is 5.32 Å². The van der Waals surface area contributed by atoms with Crippen molar-refractivity contribution in [3.05, 3.63) is 47.5 Å².